The van der Waals surface area contributed by atoms with Crippen LogP contribution in [0.3, 0.4) is 0 Å². The number of benzene rings is 2. The van der Waals surface area contributed by atoms with Crippen molar-refractivity contribution in [1.29, 1.82) is 0 Å². The second-order valence-electron chi connectivity index (χ2n) is 10.7. The Morgan fingerprint density at radius 1 is 1.18 bits per heavy atom. The lowest BCUT2D eigenvalue weighted by Gasteiger charge is -2.13. The van der Waals surface area contributed by atoms with Crippen LogP contribution in [0, 0.1) is 6.92 Å². The van der Waals surface area contributed by atoms with Gasteiger partial charge in [0.15, 0.2) is 0 Å². The molecule has 0 radical (unpaired) electrons. The molecule has 1 amide bonds. The van der Waals surface area contributed by atoms with Crippen molar-refractivity contribution in [3.8, 4) is 16.9 Å². The summed E-state index contributed by atoms with van der Waals surface area (Å²) in [5.74, 6) is 0.835. The monoisotopic (exact) mass is 605 g/mol. The highest BCUT2D eigenvalue weighted by atomic mass is 32.1. The summed E-state index contributed by atoms with van der Waals surface area (Å²) in [7, 11) is 3.49. The van der Waals surface area contributed by atoms with Crippen LogP contribution in [0.4, 0.5) is 11.5 Å². The van der Waals surface area contributed by atoms with E-state index in [2.05, 4.69) is 50.3 Å². The molecule has 0 aliphatic carbocycles. The Morgan fingerprint density at radius 2 is 2.05 bits per heavy atom. The number of thiophene rings is 1. The predicted molar refractivity (Wildman–Crippen MR) is 180 cm³/mol. The summed E-state index contributed by atoms with van der Waals surface area (Å²) < 4.78 is 8.68. The molecule has 44 heavy (non-hydrogen) atoms. The maximum Gasteiger partial charge on any atom is 0.272 e. The minimum absolute atomic E-state index is 0.205. The zero-order chi connectivity index (χ0) is 30.6. The highest BCUT2D eigenvalue weighted by Crippen LogP contribution is 2.41. The highest BCUT2D eigenvalue weighted by Gasteiger charge is 2.18. The number of hydrogen-bond acceptors (Lipinski definition) is 7. The van der Waals surface area contributed by atoms with E-state index in [1.807, 2.05) is 72.5 Å². The largest absolute Gasteiger partial charge is 0.495 e. The van der Waals surface area contributed by atoms with Crippen LogP contribution in [0.1, 0.15) is 33.7 Å². The van der Waals surface area contributed by atoms with Gasteiger partial charge in [0.1, 0.15) is 17.3 Å². The predicted octanol–water partition coefficient (Wildman–Crippen LogP) is 6.57. The van der Waals surface area contributed by atoms with E-state index in [4.69, 9.17) is 10.5 Å². The number of ether oxygens (including phenoxy) is 1. The van der Waals surface area contributed by atoms with Gasteiger partial charge in [0.2, 0.25) is 0 Å². The molecular weight excluding hydrogens is 570 g/mol. The van der Waals surface area contributed by atoms with Crippen LogP contribution < -0.4 is 21.1 Å². The molecule has 0 aliphatic heterocycles. The van der Waals surface area contributed by atoms with Crippen LogP contribution in [0.25, 0.3) is 38.2 Å². The first-order valence-corrected chi connectivity index (χ1v) is 15.4. The van der Waals surface area contributed by atoms with Crippen LogP contribution >= 0.6 is 11.3 Å². The van der Waals surface area contributed by atoms with Gasteiger partial charge in [-0.1, -0.05) is 36.4 Å². The van der Waals surface area contributed by atoms with Gasteiger partial charge in [-0.3, -0.25) is 9.89 Å². The molecule has 0 fully saturated rings. The fourth-order valence-corrected chi connectivity index (χ4v) is 6.55. The number of H-pyrrole nitrogens is 1. The first-order chi connectivity index (χ1) is 21.4. The first-order valence-electron chi connectivity index (χ1n) is 14.5. The topological polar surface area (TPSA) is 123 Å². The normalized spacial score (nSPS) is 11.6. The number of nitrogen functional groups attached to an aromatic ring is 1. The minimum Gasteiger partial charge on any atom is -0.495 e. The number of carbonyl (C=O) groups is 1. The van der Waals surface area contributed by atoms with Crippen LogP contribution in [-0.4, -0.2) is 45.9 Å². The second-order valence-corrected chi connectivity index (χ2v) is 11.6. The third-order valence-corrected chi connectivity index (χ3v) is 8.92. The summed E-state index contributed by atoms with van der Waals surface area (Å²) in [6.45, 7) is 3.74. The average molecular weight is 606 g/mol. The molecule has 0 spiro atoms. The average Bonchev–Trinajstić information content (AvgIpc) is 3.75. The van der Waals surface area contributed by atoms with Gasteiger partial charge >= 0.3 is 0 Å². The number of hydrogen-bond donors (Lipinski definition) is 4. The number of aryl methyl sites for hydroxylation is 3. The molecular formula is C34H35N7O2S. The molecule has 9 nitrogen and oxygen atoms in total. The number of methoxy groups -OCH3 is 1. The minimum atomic E-state index is -0.205. The fourth-order valence-electron chi connectivity index (χ4n) is 5.48. The number of para-hydroxylation sites is 1. The number of nitrogens with zero attached hydrogens (tertiary/aromatic N) is 3. The highest BCUT2D eigenvalue weighted by molar-refractivity contribution is 7.18. The molecule has 2 aromatic carbocycles. The molecule has 0 saturated heterocycles. The van der Waals surface area contributed by atoms with Gasteiger partial charge in [-0.05, 0) is 67.1 Å². The molecule has 0 atom stereocenters. The zero-order valence-electron chi connectivity index (χ0n) is 25.0. The number of nitrogens with two attached hydrogens (primary N) is 1. The van der Waals surface area contributed by atoms with Gasteiger partial charge in [0, 0.05) is 57.6 Å². The summed E-state index contributed by atoms with van der Waals surface area (Å²) in [4.78, 5) is 17.7. The Morgan fingerprint density at radius 3 is 2.84 bits per heavy atom. The van der Waals surface area contributed by atoms with Gasteiger partial charge in [-0.15, -0.1) is 11.3 Å². The molecule has 6 aromatic rings. The van der Waals surface area contributed by atoms with Crippen molar-refractivity contribution < 1.29 is 9.53 Å². The molecule has 4 aromatic heterocycles. The number of fused-ring (bicyclic) bond motifs is 2. The van der Waals surface area contributed by atoms with E-state index in [1.165, 1.54) is 5.56 Å². The standard InChI is InChI=1S/C34H35N7O2S/c1-21-24(19-38-40-21)9-6-14-36-15-7-10-25-18-37-33(35)31-26(20-44-32(25)31)22-12-13-27(30(17-22)43-3)39-34(42)29-16-23-8-4-5-11-28(23)41(29)2/h4-5,7-8,10-13,16-20,36H,6,9,14-15H2,1-3H3,(H2,35,37)(H,38,40)(H,39,42). The van der Waals surface area contributed by atoms with Gasteiger partial charge < -0.3 is 25.7 Å². The molecule has 6 rings (SSSR count). The van der Waals surface area contributed by atoms with Crippen LogP contribution in [0.5, 0.6) is 5.75 Å². The summed E-state index contributed by atoms with van der Waals surface area (Å²) in [6.07, 6.45) is 9.98. The Kier molecular flexibility index (Phi) is 8.44. The number of aromatic nitrogens is 4. The summed E-state index contributed by atoms with van der Waals surface area (Å²) in [6, 6.07) is 15.6. The number of rotatable bonds is 11. The van der Waals surface area contributed by atoms with Gasteiger partial charge in [-0.25, -0.2) is 4.98 Å². The molecule has 10 heteroatoms. The smallest absolute Gasteiger partial charge is 0.272 e. The van der Waals surface area contributed by atoms with Gasteiger partial charge in [-0.2, -0.15) is 5.10 Å². The van der Waals surface area contributed by atoms with Gasteiger partial charge in [0.05, 0.1) is 19.0 Å². The quantitative estimate of drug-likeness (QED) is 0.124. The summed E-state index contributed by atoms with van der Waals surface area (Å²) in [5.41, 5.74) is 13.9. The molecule has 5 N–H and O–H groups in total. The van der Waals surface area contributed by atoms with E-state index in [-0.39, 0.29) is 5.91 Å². The van der Waals surface area contributed by atoms with Crippen molar-refractivity contribution in [3.05, 3.63) is 94.9 Å². The number of carbonyl (C=O) groups excluding carboxylic acids is 1. The lowest BCUT2D eigenvalue weighted by molar-refractivity contribution is 0.101. The SMILES string of the molecule is COc1cc(-c2csc3c(C=CCNCCCc4cn[nH]c4C)cnc(N)c23)ccc1NC(=O)c1cc2ccccc2n1C. The molecule has 0 unspecified atom stereocenters. The van der Waals surface area contributed by atoms with Crippen LogP contribution in [0.2, 0.25) is 0 Å². The number of anilines is 2. The third kappa shape index (κ3) is 5.82. The van der Waals surface area contributed by atoms with E-state index in [0.29, 0.717) is 22.9 Å². The third-order valence-electron chi connectivity index (χ3n) is 7.89. The van der Waals surface area contributed by atoms with E-state index >= 15 is 0 Å². The van der Waals surface area contributed by atoms with Crippen molar-refractivity contribution in [2.24, 2.45) is 7.05 Å². The first kappa shape index (κ1) is 29.2. The van der Waals surface area contributed by atoms with Crippen molar-refractivity contribution >= 4 is 55.8 Å². The van der Waals surface area contributed by atoms with Crippen LogP contribution in [-0.2, 0) is 13.5 Å². The van der Waals surface area contributed by atoms with E-state index in [9.17, 15) is 4.79 Å². The van der Waals surface area contributed by atoms with Crippen molar-refractivity contribution in [2.75, 3.05) is 31.2 Å². The maximum absolute atomic E-state index is 13.2. The molecule has 0 saturated carbocycles. The molecule has 4 heterocycles. The molecule has 0 bridgehead atoms. The van der Waals surface area contributed by atoms with Gasteiger partial charge in [0.25, 0.3) is 5.91 Å². The van der Waals surface area contributed by atoms with Crippen LogP contribution in [0.15, 0.2) is 72.4 Å². The lowest BCUT2D eigenvalue weighted by Crippen LogP contribution is -2.16. The van der Waals surface area contributed by atoms with Crippen molar-refractivity contribution in [3.63, 3.8) is 0 Å². The number of amides is 1. The maximum atomic E-state index is 13.2. The Bertz CT molecular complexity index is 1980. The number of pyridine rings is 1. The van der Waals surface area contributed by atoms with E-state index in [1.54, 1.807) is 18.4 Å². The number of aromatic amines is 1. The summed E-state index contributed by atoms with van der Waals surface area (Å²) in [5, 5.41) is 17.6. The molecule has 0 aliphatic rings. The summed E-state index contributed by atoms with van der Waals surface area (Å²) >= 11 is 1.64. The Hall–Kier alpha value is -4.93. The Balaban J connectivity index is 1.16. The zero-order valence-corrected chi connectivity index (χ0v) is 25.8. The second kappa shape index (κ2) is 12.7. The lowest BCUT2D eigenvalue weighted by atomic mass is 10.0. The van der Waals surface area contributed by atoms with E-state index < -0.39 is 0 Å². The van der Waals surface area contributed by atoms with Crippen molar-refractivity contribution in [1.82, 2.24) is 25.1 Å². The Labute approximate surface area is 259 Å². The number of nitrogens with one attached hydrogen (secondary N) is 3. The van der Waals surface area contributed by atoms with E-state index in [0.717, 1.165) is 69.3 Å². The van der Waals surface area contributed by atoms with Crippen molar-refractivity contribution in [2.45, 2.75) is 19.8 Å². The molecule has 224 valence electrons. The fraction of sp³-hybridized carbons (Fsp3) is 0.206.